The van der Waals surface area contributed by atoms with E-state index in [9.17, 15) is 5.11 Å². The molecule has 0 spiro atoms. The molecule has 124 valence electrons. The first-order valence-electron chi connectivity index (χ1n) is 8.13. The molecule has 6 nitrogen and oxygen atoms in total. The van der Waals surface area contributed by atoms with Crippen LogP contribution in [0.2, 0.25) is 0 Å². The second-order valence-electron chi connectivity index (χ2n) is 6.10. The van der Waals surface area contributed by atoms with Gasteiger partial charge in [0.05, 0.1) is 12.1 Å². The third-order valence-electron chi connectivity index (χ3n) is 4.47. The Kier molecular flexibility index (Phi) is 5.05. The third-order valence-corrected chi connectivity index (χ3v) is 4.47. The van der Waals surface area contributed by atoms with Crippen molar-refractivity contribution in [2.75, 3.05) is 32.7 Å². The van der Waals surface area contributed by atoms with Crippen molar-refractivity contribution in [2.24, 2.45) is 0 Å². The number of nitrogens with zero attached hydrogens (tertiary/aromatic N) is 4. The number of hydrogen-bond donors (Lipinski definition) is 1. The molecule has 1 saturated heterocycles. The fourth-order valence-corrected chi connectivity index (χ4v) is 3.00. The highest BCUT2D eigenvalue weighted by atomic mass is 16.4. The van der Waals surface area contributed by atoms with Crippen molar-refractivity contribution in [3.63, 3.8) is 0 Å². The topological polar surface area (TPSA) is 65.6 Å². The van der Waals surface area contributed by atoms with E-state index in [0.717, 1.165) is 31.7 Å². The first-order valence-corrected chi connectivity index (χ1v) is 8.13. The van der Waals surface area contributed by atoms with Gasteiger partial charge < -0.3 is 9.52 Å². The van der Waals surface area contributed by atoms with Gasteiger partial charge in [-0.05, 0) is 12.5 Å². The molecule has 0 aliphatic carbocycles. The number of piperazine rings is 1. The molecule has 0 amide bonds. The molecule has 2 heterocycles. The summed E-state index contributed by atoms with van der Waals surface area (Å²) in [6.07, 6.45) is -0.432. The van der Waals surface area contributed by atoms with Crippen molar-refractivity contribution >= 4 is 0 Å². The number of hydrogen-bond acceptors (Lipinski definition) is 6. The zero-order valence-corrected chi connectivity index (χ0v) is 13.7. The molecule has 6 heteroatoms. The highest BCUT2D eigenvalue weighted by Crippen LogP contribution is 2.21. The van der Waals surface area contributed by atoms with Gasteiger partial charge in [0.1, 0.15) is 0 Å². The zero-order valence-electron chi connectivity index (χ0n) is 13.7. The van der Waals surface area contributed by atoms with Crippen molar-refractivity contribution in [3.05, 3.63) is 47.7 Å². The lowest BCUT2D eigenvalue weighted by Gasteiger charge is -2.37. The molecule has 1 aromatic carbocycles. The van der Waals surface area contributed by atoms with Gasteiger partial charge >= 0.3 is 0 Å². The largest absolute Gasteiger partial charge is 0.424 e. The fourth-order valence-electron chi connectivity index (χ4n) is 3.00. The molecular formula is C17H24N4O2. The van der Waals surface area contributed by atoms with E-state index in [1.165, 1.54) is 0 Å². The van der Waals surface area contributed by atoms with Crippen LogP contribution in [0.4, 0.5) is 0 Å². The van der Waals surface area contributed by atoms with Crippen LogP contribution in [0.3, 0.4) is 0 Å². The van der Waals surface area contributed by atoms with E-state index in [1.54, 1.807) is 0 Å². The molecule has 3 rings (SSSR count). The maximum Gasteiger partial charge on any atom is 0.233 e. The Labute approximate surface area is 136 Å². The van der Waals surface area contributed by atoms with Crippen molar-refractivity contribution in [3.8, 4) is 0 Å². The Bertz CT molecular complexity index is 608. The molecule has 1 N–H and O–H groups in total. The summed E-state index contributed by atoms with van der Waals surface area (Å²) in [4.78, 5) is 4.65. The molecule has 0 saturated carbocycles. The van der Waals surface area contributed by atoms with Gasteiger partial charge in [0.2, 0.25) is 11.8 Å². The van der Waals surface area contributed by atoms with Crippen molar-refractivity contribution in [1.82, 2.24) is 20.0 Å². The highest BCUT2D eigenvalue weighted by molar-refractivity contribution is 5.17. The van der Waals surface area contributed by atoms with Crippen LogP contribution in [-0.2, 0) is 0 Å². The van der Waals surface area contributed by atoms with Crippen LogP contribution in [-0.4, -0.2) is 57.8 Å². The van der Waals surface area contributed by atoms with Crippen LogP contribution in [0.25, 0.3) is 0 Å². The average Bonchev–Trinajstić information content (AvgIpc) is 3.02. The first kappa shape index (κ1) is 16.1. The van der Waals surface area contributed by atoms with Gasteiger partial charge in [-0.3, -0.25) is 9.80 Å². The standard InChI is InChI=1S/C17H24N4O2/c1-13(17-19-18-14(2)23-17)21-10-8-20(9-11-21)12-16(22)15-6-4-3-5-7-15/h3-7,13,16,22H,8-12H2,1-2H3/t13-,16+/m1/s1. The van der Waals surface area contributed by atoms with Gasteiger partial charge in [-0.15, -0.1) is 10.2 Å². The molecule has 0 unspecified atom stereocenters. The van der Waals surface area contributed by atoms with Crippen molar-refractivity contribution in [1.29, 1.82) is 0 Å². The SMILES string of the molecule is Cc1nnc([C@@H](C)N2CCN(C[C@H](O)c3ccccc3)CC2)o1. The molecule has 0 bridgehead atoms. The second-order valence-corrected chi connectivity index (χ2v) is 6.10. The Hall–Kier alpha value is -1.76. The third kappa shape index (κ3) is 3.96. The van der Waals surface area contributed by atoms with Crippen LogP contribution in [0.15, 0.2) is 34.7 Å². The van der Waals surface area contributed by atoms with E-state index in [0.29, 0.717) is 18.3 Å². The smallest absolute Gasteiger partial charge is 0.233 e. The van der Waals surface area contributed by atoms with E-state index in [1.807, 2.05) is 37.3 Å². The lowest BCUT2D eigenvalue weighted by Crippen LogP contribution is -2.48. The minimum absolute atomic E-state index is 0.136. The summed E-state index contributed by atoms with van der Waals surface area (Å²) in [5.41, 5.74) is 0.977. The van der Waals surface area contributed by atoms with Gasteiger partial charge in [-0.25, -0.2) is 0 Å². The predicted octanol–water partition coefficient (Wildman–Crippen LogP) is 1.79. The highest BCUT2D eigenvalue weighted by Gasteiger charge is 2.26. The van der Waals surface area contributed by atoms with E-state index < -0.39 is 6.10 Å². The molecule has 1 aliphatic rings. The van der Waals surface area contributed by atoms with Crippen LogP contribution in [0, 0.1) is 6.92 Å². The van der Waals surface area contributed by atoms with E-state index in [-0.39, 0.29) is 6.04 Å². The first-order chi connectivity index (χ1) is 11.1. The number of aromatic nitrogens is 2. The van der Waals surface area contributed by atoms with E-state index in [4.69, 9.17) is 4.42 Å². The van der Waals surface area contributed by atoms with Gasteiger partial charge in [-0.1, -0.05) is 30.3 Å². The lowest BCUT2D eigenvalue weighted by molar-refractivity contribution is 0.0536. The molecule has 2 aromatic rings. The fraction of sp³-hybridized carbons (Fsp3) is 0.529. The maximum atomic E-state index is 10.3. The van der Waals surface area contributed by atoms with Gasteiger partial charge in [0.15, 0.2) is 0 Å². The monoisotopic (exact) mass is 316 g/mol. The summed E-state index contributed by atoms with van der Waals surface area (Å²) in [5, 5.41) is 18.4. The summed E-state index contributed by atoms with van der Waals surface area (Å²) in [7, 11) is 0. The summed E-state index contributed by atoms with van der Waals surface area (Å²) in [6.45, 7) is 8.32. The Morgan fingerprint density at radius 1 is 1.13 bits per heavy atom. The summed E-state index contributed by atoms with van der Waals surface area (Å²) >= 11 is 0. The molecule has 1 aliphatic heterocycles. The molecule has 1 aromatic heterocycles. The minimum Gasteiger partial charge on any atom is -0.424 e. The number of benzene rings is 1. The van der Waals surface area contributed by atoms with Crippen LogP contribution >= 0.6 is 0 Å². The zero-order chi connectivity index (χ0) is 16.2. The molecule has 1 fully saturated rings. The van der Waals surface area contributed by atoms with Gasteiger partial charge in [0.25, 0.3) is 0 Å². The number of aryl methyl sites for hydroxylation is 1. The second kappa shape index (κ2) is 7.21. The molecule has 23 heavy (non-hydrogen) atoms. The number of rotatable bonds is 5. The maximum absolute atomic E-state index is 10.3. The van der Waals surface area contributed by atoms with Gasteiger partial charge in [-0.2, -0.15) is 0 Å². The normalized spacial score (nSPS) is 19.6. The number of β-amino-alcohol motifs (C(OH)–C–C–N with tert-alkyl or cyclic N) is 1. The average molecular weight is 316 g/mol. The quantitative estimate of drug-likeness (QED) is 0.907. The molecular weight excluding hydrogens is 292 g/mol. The lowest BCUT2D eigenvalue weighted by atomic mass is 10.1. The Morgan fingerprint density at radius 3 is 2.43 bits per heavy atom. The van der Waals surface area contributed by atoms with Gasteiger partial charge in [0, 0.05) is 39.6 Å². The van der Waals surface area contributed by atoms with Crippen molar-refractivity contribution in [2.45, 2.75) is 26.0 Å². The van der Waals surface area contributed by atoms with Crippen LogP contribution in [0.1, 0.15) is 36.4 Å². The summed E-state index contributed by atoms with van der Waals surface area (Å²) in [5.74, 6) is 1.29. The number of aliphatic hydroxyl groups is 1. The predicted molar refractivity (Wildman–Crippen MR) is 86.9 cm³/mol. The summed E-state index contributed by atoms with van der Waals surface area (Å²) in [6, 6.07) is 9.98. The van der Waals surface area contributed by atoms with E-state index >= 15 is 0 Å². The van der Waals surface area contributed by atoms with Crippen molar-refractivity contribution < 1.29 is 9.52 Å². The molecule has 0 radical (unpaired) electrons. The van der Waals surface area contributed by atoms with Crippen LogP contribution < -0.4 is 0 Å². The summed E-state index contributed by atoms with van der Waals surface area (Å²) < 4.78 is 5.53. The number of aliphatic hydroxyl groups excluding tert-OH is 1. The minimum atomic E-state index is -0.432. The Balaban J connectivity index is 1.50. The Morgan fingerprint density at radius 2 is 1.83 bits per heavy atom. The van der Waals surface area contributed by atoms with Crippen LogP contribution in [0.5, 0.6) is 0 Å². The molecule has 2 atom stereocenters. The van der Waals surface area contributed by atoms with E-state index in [2.05, 4.69) is 26.9 Å².